The van der Waals surface area contributed by atoms with E-state index in [1.807, 2.05) is 48.6 Å². The molecule has 29 heavy (non-hydrogen) atoms. The van der Waals surface area contributed by atoms with Crippen LogP contribution in [0.15, 0.2) is 54.6 Å². The number of hydrogen-bond acceptors (Lipinski definition) is 5. The van der Waals surface area contributed by atoms with Gasteiger partial charge in [-0.15, -0.1) is 0 Å². The zero-order valence-corrected chi connectivity index (χ0v) is 16.9. The third-order valence-electron chi connectivity index (χ3n) is 5.62. The SMILES string of the molecule is O=C(CO)CCC/C=C\C[C@@H]1[C@@H](/C=C/[C@@H](O)CCc2ccccc2)[C@H](O)C[C@@H]1O. The molecule has 0 heterocycles. The molecule has 5 heteroatoms. The van der Waals surface area contributed by atoms with E-state index in [9.17, 15) is 20.1 Å². The van der Waals surface area contributed by atoms with Gasteiger partial charge in [0, 0.05) is 18.8 Å². The first-order valence-electron chi connectivity index (χ1n) is 10.5. The van der Waals surface area contributed by atoms with E-state index in [1.54, 1.807) is 6.08 Å². The van der Waals surface area contributed by atoms with Gasteiger partial charge < -0.3 is 20.4 Å². The van der Waals surface area contributed by atoms with Gasteiger partial charge in [-0.1, -0.05) is 54.6 Å². The minimum atomic E-state index is -0.608. The Kier molecular flexibility index (Phi) is 10.3. The van der Waals surface area contributed by atoms with Gasteiger partial charge in [-0.3, -0.25) is 4.79 Å². The lowest BCUT2D eigenvalue weighted by Gasteiger charge is -2.19. The van der Waals surface area contributed by atoms with Crippen molar-refractivity contribution in [3.8, 4) is 0 Å². The minimum absolute atomic E-state index is 0.0853. The second kappa shape index (κ2) is 12.7. The molecule has 1 aliphatic carbocycles. The van der Waals surface area contributed by atoms with Crippen LogP contribution >= 0.6 is 0 Å². The van der Waals surface area contributed by atoms with Crippen LogP contribution in [0.25, 0.3) is 0 Å². The van der Waals surface area contributed by atoms with Gasteiger partial charge in [0.2, 0.25) is 0 Å². The molecule has 5 nitrogen and oxygen atoms in total. The van der Waals surface area contributed by atoms with Crippen LogP contribution in [0.2, 0.25) is 0 Å². The summed E-state index contributed by atoms with van der Waals surface area (Å²) in [4.78, 5) is 11.1. The molecule has 4 N–H and O–H groups in total. The zero-order chi connectivity index (χ0) is 21.1. The number of aryl methyl sites for hydroxylation is 1. The van der Waals surface area contributed by atoms with Crippen molar-refractivity contribution >= 4 is 5.78 Å². The Labute approximate surface area is 173 Å². The zero-order valence-electron chi connectivity index (χ0n) is 16.9. The van der Waals surface area contributed by atoms with E-state index in [0.717, 1.165) is 12.8 Å². The van der Waals surface area contributed by atoms with Gasteiger partial charge >= 0.3 is 0 Å². The van der Waals surface area contributed by atoms with Crippen molar-refractivity contribution in [2.45, 2.75) is 63.3 Å². The van der Waals surface area contributed by atoms with Crippen LogP contribution < -0.4 is 0 Å². The van der Waals surface area contributed by atoms with E-state index < -0.39 is 24.9 Å². The Morgan fingerprint density at radius 2 is 1.90 bits per heavy atom. The molecule has 1 aromatic carbocycles. The smallest absolute Gasteiger partial charge is 0.158 e. The van der Waals surface area contributed by atoms with E-state index in [2.05, 4.69) is 0 Å². The first-order valence-corrected chi connectivity index (χ1v) is 10.5. The predicted molar refractivity (Wildman–Crippen MR) is 113 cm³/mol. The van der Waals surface area contributed by atoms with Gasteiger partial charge in [-0.25, -0.2) is 0 Å². The number of benzene rings is 1. The van der Waals surface area contributed by atoms with Crippen molar-refractivity contribution < 1.29 is 25.2 Å². The Morgan fingerprint density at radius 1 is 1.14 bits per heavy atom. The molecule has 2 rings (SSSR count). The number of unbranched alkanes of at least 4 members (excludes halogenated alkanes) is 1. The molecule has 1 aliphatic rings. The number of carbonyl (C=O) groups excluding carboxylic acids is 1. The molecule has 0 aliphatic heterocycles. The van der Waals surface area contributed by atoms with Gasteiger partial charge in [-0.05, 0) is 43.6 Å². The monoisotopic (exact) mass is 402 g/mol. The van der Waals surface area contributed by atoms with E-state index in [4.69, 9.17) is 5.11 Å². The van der Waals surface area contributed by atoms with E-state index in [-0.39, 0.29) is 17.6 Å². The third-order valence-corrected chi connectivity index (χ3v) is 5.62. The van der Waals surface area contributed by atoms with Gasteiger partial charge in [0.15, 0.2) is 5.78 Å². The topological polar surface area (TPSA) is 98.0 Å². The average Bonchev–Trinajstić information content (AvgIpc) is 3.00. The summed E-state index contributed by atoms with van der Waals surface area (Å²) in [6.45, 7) is -0.402. The highest BCUT2D eigenvalue weighted by Gasteiger charge is 2.39. The maximum atomic E-state index is 11.1. The summed E-state index contributed by atoms with van der Waals surface area (Å²) in [5.74, 6) is -0.418. The van der Waals surface area contributed by atoms with Crippen molar-refractivity contribution in [2.24, 2.45) is 11.8 Å². The summed E-state index contributed by atoms with van der Waals surface area (Å²) >= 11 is 0. The summed E-state index contributed by atoms with van der Waals surface area (Å²) in [5.41, 5.74) is 1.18. The number of ketones is 1. The highest BCUT2D eigenvalue weighted by molar-refractivity contribution is 5.79. The Morgan fingerprint density at radius 3 is 2.62 bits per heavy atom. The third kappa shape index (κ3) is 8.23. The summed E-state index contributed by atoms with van der Waals surface area (Å²) in [7, 11) is 0. The van der Waals surface area contributed by atoms with Gasteiger partial charge in [0.05, 0.1) is 18.3 Å². The maximum absolute atomic E-state index is 11.1. The van der Waals surface area contributed by atoms with Crippen molar-refractivity contribution in [3.63, 3.8) is 0 Å². The molecule has 1 fully saturated rings. The van der Waals surface area contributed by atoms with Gasteiger partial charge in [0.25, 0.3) is 0 Å². The molecule has 1 aromatic rings. The number of allylic oxidation sites excluding steroid dienone is 2. The lowest BCUT2D eigenvalue weighted by molar-refractivity contribution is -0.121. The second-order valence-electron chi connectivity index (χ2n) is 7.88. The molecule has 0 bridgehead atoms. The molecule has 0 spiro atoms. The number of carbonyl (C=O) groups is 1. The molecule has 5 atom stereocenters. The first-order chi connectivity index (χ1) is 14.0. The summed E-state index contributed by atoms with van der Waals surface area (Å²) < 4.78 is 0. The fourth-order valence-corrected chi connectivity index (χ4v) is 3.89. The standard InChI is InChI=1S/C24H34O5/c25-17-20(27)10-6-1-2-7-11-21-22(24(29)16-23(21)28)15-14-19(26)13-12-18-8-4-3-5-9-18/h2-5,7-9,14-15,19,21-26,28-29H,1,6,10-13,16-17H2/b7-2-,15-14+/t19-,21+,22+,23-,24+/m0/s1. The van der Waals surface area contributed by atoms with Crippen molar-refractivity contribution in [1.29, 1.82) is 0 Å². The largest absolute Gasteiger partial charge is 0.393 e. The molecule has 0 amide bonds. The van der Waals surface area contributed by atoms with Crippen LogP contribution in [-0.4, -0.2) is 51.1 Å². The summed E-state index contributed by atoms with van der Waals surface area (Å²) in [5, 5.41) is 39.6. The number of aliphatic hydroxyl groups excluding tert-OH is 4. The Hall–Kier alpha value is -1.79. The van der Waals surface area contributed by atoms with Gasteiger partial charge in [-0.2, -0.15) is 0 Å². The molecular formula is C24H34O5. The van der Waals surface area contributed by atoms with E-state index in [1.165, 1.54) is 5.56 Å². The predicted octanol–water partition coefficient (Wildman–Crippen LogP) is 2.57. The summed E-state index contributed by atoms with van der Waals surface area (Å²) in [6, 6.07) is 10.0. The Balaban J connectivity index is 1.80. The van der Waals surface area contributed by atoms with Crippen molar-refractivity contribution in [1.82, 2.24) is 0 Å². The van der Waals surface area contributed by atoms with E-state index in [0.29, 0.717) is 32.1 Å². The molecule has 160 valence electrons. The first kappa shape index (κ1) is 23.5. The molecule has 0 unspecified atom stereocenters. The van der Waals surface area contributed by atoms with Crippen LogP contribution in [0.4, 0.5) is 0 Å². The average molecular weight is 403 g/mol. The molecule has 0 saturated heterocycles. The van der Waals surface area contributed by atoms with Crippen molar-refractivity contribution in [2.75, 3.05) is 6.61 Å². The van der Waals surface area contributed by atoms with Crippen LogP contribution in [0.3, 0.4) is 0 Å². The second-order valence-corrected chi connectivity index (χ2v) is 7.88. The van der Waals surface area contributed by atoms with Crippen LogP contribution in [0, 0.1) is 11.8 Å². The van der Waals surface area contributed by atoms with Crippen molar-refractivity contribution in [3.05, 3.63) is 60.2 Å². The van der Waals surface area contributed by atoms with E-state index >= 15 is 0 Å². The molecule has 1 saturated carbocycles. The number of Topliss-reactive ketones (excluding diaryl/α,β-unsaturated/α-hetero) is 1. The minimum Gasteiger partial charge on any atom is -0.393 e. The number of rotatable bonds is 12. The van der Waals surface area contributed by atoms with Gasteiger partial charge in [0.1, 0.15) is 6.61 Å². The summed E-state index contributed by atoms with van der Waals surface area (Å²) in [6.07, 6.45) is 10.0. The molecular weight excluding hydrogens is 368 g/mol. The highest BCUT2D eigenvalue weighted by Crippen LogP contribution is 2.36. The fraction of sp³-hybridized carbons (Fsp3) is 0.542. The molecule has 0 aromatic heterocycles. The normalized spacial score (nSPS) is 25.8. The lowest BCUT2D eigenvalue weighted by Crippen LogP contribution is -2.20. The quantitative estimate of drug-likeness (QED) is 0.318. The highest BCUT2D eigenvalue weighted by atomic mass is 16.3. The number of aliphatic hydroxyl groups is 4. The van der Waals surface area contributed by atoms with Crippen LogP contribution in [0.1, 0.15) is 44.1 Å². The van der Waals surface area contributed by atoms with Crippen LogP contribution in [-0.2, 0) is 11.2 Å². The number of hydrogen-bond donors (Lipinski definition) is 4. The van der Waals surface area contributed by atoms with Crippen LogP contribution in [0.5, 0.6) is 0 Å². The molecule has 0 radical (unpaired) electrons. The Bertz CT molecular complexity index is 654. The maximum Gasteiger partial charge on any atom is 0.158 e. The lowest BCUT2D eigenvalue weighted by atomic mass is 9.89. The fourth-order valence-electron chi connectivity index (χ4n) is 3.89.